The fourth-order valence-electron chi connectivity index (χ4n) is 6.21. The molecule has 0 radical (unpaired) electrons. The molecule has 3 amide bonds. The van der Waals surface area contributed by atoms with Crippen LogP contribution in [0.25, 0.3) is 0 Å². The van der Waals surface area contributed by atoms with Crippen molar-refractivity contribution in [3.05, 3.63) is 50.5 Å². The molecule has 0 saturated carbocycles. The first-order chi connectivity index (χ1) is 18.9. The number of aliphatic hydroxyl groups is 1. The highest BCUT2D eigenvalue weighted by Gasteiger charge is 2.60. The van der Waals surface area contributed by atoms with Crippen LogP contribution in [-0.4, -0.2) is 96.8 Å². The van der Waals surface area contributed by atoms with Gasteiger partial charge in [0.15, 0.2) is 0 Å². The molecular weight excluding hydrogens is 544 g/mol. The minimum Gasteiger partial charge on any atom is -0.477 e. The molecule has 13 nitrogen and oxygen atoms in total. The average Bonchev–Trinajstić information content (AvgIpc) is 3.42. The third kappa shape index (κ3) is 4.58. The first-order valence-corrected chi connectivity index (χ1v) is 13.9. The molecule has 3 saturated heterocycles. The summed E-state index contributed by atoms with van der Waals surface area (Å²) < 4.78 is 5.54. The average molecular weight is 575 g/mol. The smallest absolute Gasteiger partial charge is 0.410 e. The van der Waals surface area contributed by atoms with E-state index in [0.717, 1.165) is 0 Å². The van der Waals surface area contributed by atoms with Gasteiger partial charge in [-0.25, -0.2) is 9.59 Å². The van der Waals surface area contributed by atoms with Gasteiger partial charge in [0.25, 0.3) is 5.69 Å². The van der Waals surface area contributed by atoms with Gasteiger partial charge in [-0.2, -0.15) is 0 Å². The zero-order chi connectivity index (χ0) is 29.0. The van der Waals surface area contributed by atoms with Crippen LogP contribution < -0.4 is 0 Å². The predicted molar refractivity (Wildman–Crippen MR) is 141 cm³/mol. The number of amides is 3. The Balaban J connectivity index is 1.32. The van der Waals surface area contributed by atoms with Gasteiger partial charge >= 0.3 is 12.1 Å². The number of benzene rings is 1. The van der Waals surface area contributed by atoms with Crippen LogP contribution in [0.1, 0.15) is 32.3 Å². The molecule has 5 rings (SSSR count). The maximum atomic E-state index is 13.2. The molecule has 7 atom stereocenters. The number of thioether (sulfide) groups is 1. The Morgan fingerprint density at radius 2 is 1.90 bits per heavy atom. The summed E-state index contributed by atoms with van der Waals surface area (Å²) in [5, 5.41) is 30.7. The van der Waals surface area contributed by atoms with Crippen molar-refractivity contribution in [3.8, 4) is 0 Å². The van der Waals surface area contributed by atoms with Crippen LogP contribution in [0.15, 0.2) is 34.9 Å². The number of aliphatic hydroxyl groups excluding tert-OH is 1. The number of carboxylic acids is 1. The second kappa shape index (κ2) is 10.4. The zero-order valence-corrected chi connectivity index (χ0v) is 22.9. The number of nitro groups is 1. The fourth-order valence-corrected chi connectivity index (χ4v) is 7.75. The number of nitrogens with zero attached hydrogens (tertiary/aromatic N) is 4. The highest BCUT2D eigenvalue weighted by atomic mass is 32.2. The van der Waals surface area contributed by atoms with Crippen LogP contribution in [0.5, 0.6) is 0 Å². The topological polar surface area (TPSA) is 171 Å². The lowest BCUT2D eigenvalue weighted by atomic mass is 9.79. The molecule has 3 fully saturated rings. The van der Waals surface area contributed by atoms with Gasteiger partial charge in [-0.3, -0.25) is 19.7 Å². The molecule has 4 aliphatic heterocycles. The quantitative estimate of drug-likeness (QED) is 0.265. The Morgan fingerprint density at radius 1 is 1.23 bits per heavy atom. The van der Waals surface area contributed by atoms with E-state index < -0.39 is 41.0 Å². The van der Waals surface area contributed by atoms with Crippen molar-refractivity contribution in [3.63, 3.8) is 0 Å². The summed E-state index contributed by atoms with van der Waals surface area (Å²) >= 11 is 1.33. The van der Waals surface area contributed by atoms with E-state index in [1.165, 1.54) is 47.9 Å². The molecule has 4 heterocycles. The number of hydrogen-bond acceptors (Lipinski definition) is 9. The third-order valence-corrected chi connectivity index (χ3v) is 9.87. The Bertz CT molecular complexity index is 1300. The highest BCUT2D eigenvalue weighted by Crippen LogP contribution is 2.52. The van der Waals surface area contributed by atoms with Gasteiger partial charge in [0, 0.05) is 48.2 Å². The Labute approximate surface area is 233 Å². The summed E-state index contributed by atoms with van der Waals surface area (Å²) in [6.45, 7) is 3.52. The standard InChI is InChI=1S/C26H30N4O9S/c1-12-21-20(13(2)31)24(33)29(21)22(25(34)35)23(12)40-16-8-18(17-9-19(32)27(17)3)28(10-16)26(36)39-11-14-4-6-15(7-5-14)30(37)38/h4-7,12-13,16-18,20-21,31H,8-11H2,1-3H3,(H,34,35)/t12-,13-,16+,17?,18+,20-,21-/m1/s1. The maximum Gasteiger partial charge on any atom is 0.410 e. The van der Waals surface area contributed by atoms with E-state index in [-0.39, 0.29) is 60.1 Å². The van der Waals surface area contributed by atoms with E-state index in [4.69, 9.17) is 4.74 Å². The number of likely N-dealkylation sites (N-methyl/N-ethyl adjacent to an activating group) is 1. The van der Waals surface area contributed by atoms with Crippen molar-refractivity contribution in [2.45, 2.75) is 62.8 Å². The largest absolute Gasteiger partial charge is 0.477 e. The fraction of sp³-hybridized carbons (Fsp3) is 0.538. The number of likely N-dealkylation sites (tertiary alicyclic amines) is 2. The van der Waals surface area contributed by atoms with E-state index in [1.807, 2.05) is 6.92 Å². The predicted octanol–water partition coefficient (Wildman–Crippen LogP) is 1.79. The highest BCUT2D eigenvalue weighted by molar-refractivity contribution is 8.03. The number of hydrogen-bond donors (Lipinski definition) is 2. The number of rotatable bonds is 8. The number of β-lactam (4-membered cyclic amide) rings is 2. The lowest BCUT2D eigenvalue weighted by Gasteiger charge is -2.46. The number of aliphatic carboxylic acids is 1. The van der Waals surface area contributed by atoms with Crippen LogP contribution in [0.4, 0.5) is 10.5 Å². The second-order valence-corrected chi connectivity index (χ2v) is 12.1. The van der Waals surface area contributed by atoms with Crippen molar-refractivity contribution in [1.29, 1.82) is 0 Å². The summed E-state index contributed by atoms with van der Waals surface area (Å²) in [5.74, 6) is -2.63. The van der Waals surface area contributed by atoms with E-state index in [1.54, 1.807) is 16.8 Å². The molecule has 1 unspecified atom stereocenters. The van der Waals surface area contributed by atoms with Crippen LogP contribution >= 0.6 is 11.8 Å². The van der Waals surface area contributed by atoms with E-state index in [0.29, 0.717) is 16.9 Å². The normalized spacial score (nSPS) is 30.1. The number of carbonyl (C=O) groups is 4. The van der Waals surface area contributed by atoms with Crippen LogP contribution in [0.2, 0.25) is 0 Å². The SMILES string of the molecule is C[C@@H](O)[C@H]1C(=O)N2C(C(=O)O)=C(S[C@H]3C[C@@H](C4CC(=O)N4C)N(C(=O)OCc4ccc([N+](=O)[O-])cc4)C3)[C@H](C)[C@H]12. The molecule has 40 heavy (non-hydrogen) atoms. The molecule has 4 aliphatic rings. The summed E-state index contributed by atoms with van der Waals surface area (Å²) in [6, 6.07) is 4.69. The minimum absolute atomic E-state index is 0.0346. The summed E-state index contributed by atoms with van der Waals surface area (Å²) in [7, 11) is 1.67. The summed E-state index contributed by atoms with van der Waals surface area (Å²) in [6.07, 6.45) is -0.732. The molecule has 214 valence electrons. The van der Waals surface area contributed by atoms with Gasteiger partial charge in [0.05, 0.1) is 35.1 Å². The van der Waals surface area contributed by atoms with Gasteiger partial charge in [0.2, 0.25) is 11.8 Å². The Hall–Kier alpha value is -3.65. The maximum absolute atomic E-state index is 13.2. The van der Waals surface area contributed by atoms with Crippen molar-refractivity contribution in [2.75, 3.05) is 13.6 Å². The molecule has 1 aromatic rings. The number of fused-ring (bicyclic) bond motifs is 1. The third-order valence-electron chi connectivity index (χ3n) is 8.37. The molecule has 0 aromatic heterocycles. The first-order valence-electron chi connectivity index (χ1n) is 13.0. The van der Waals surface area contributed by atoms with Gasteiger partial charge in [-0.15, -0.1) is 11.8 Å². The van der Waals surface area contributed by atoms with Crippen LogP contribution in [-0.2, 0) is 25.7 Å². The van der Waals surface area contributed by atoms with Crippen molar-refractivity contribution in [1.82, 2.24) is 14.7 Å². The summed E-state index contributed by atoms with van der Waals surface area (Å²) in [5.41, 5.74) is 0.431. The van der Waals surface area contributed by atoms with E-state index in [2.05, 4.69) is 0 Å². The second-order valence-electron chi connectivity index (χ2n) is 10.7. The van der Waals surface area contributed by atoms with Crippen molar-refractivity contribution in [2.24, 2.45) is 11.8 Å². The number of ether oxygens (including phenoxy) is 1. The molecule has 2 N–H and O–H groups in total. The number of non-ortho nitro benzene ring substituents is 1. The lowest BCUT2D eigenvalue weighted by Crippen LogP contribution is -2.63. The number of carboxylic acid groups (broad SMARTS) is 1. The van der Waals surface area contributed by atoms with Crippen LogP contribution in [0.3, 0.4) is 0 Å². The molecule has 0 bridgehead atoms. The van der Waals surface area contributed by atoms with Gasteiger partial charge in [-0.1, -0.05) is 6.92 Å². The number of carbonyl (C=O) groups excluding carboxylic acids is 3. The summed E-state index contributed by atoms with van der Waals surface area (Å²) in [4.78, 5) is 65.4. The van der Waals surface area contributed by atoms with E-state index >= 15 is 0 Å². The lowest BCUT2D eigenvalue weighted by molar-refractivity contribution is -0.384. The van der Waals surface area contributed by atoms with Gasteiger partial charge in [-0.05, 0) is 31.0 Å². The van der Waals surface area contributed by atoms with Gasteiger partial charge in [0.1, 0.15) is 12.3 Å². The van der Waals surface area contributed by atoms with Crippen molar-refractivity contribution < 1.29 is 39.1 Å². The Morgan fingerprint density at radius 3 is 2.45 bits per heavy atom. The monoisotopic (exact) mass is 574 g/mol. The van der Waals surface area contributed by atoms with E-state index in [9.17, 15) is 39.5 Å². The molecule has 0 spiro atoms. The number of nitro benzene ring substituents is 1. The van der Waals surface area contributed by atoms with Crippen molar-refractivity contribution >= 4 is 41.3 Å². The Kier molecular flexibility index (Phi) is 7.25. The first kappa shape index (κ1) is 27.9. The molecule has 14 heteroatoms. The molecule has 1 aromatic carbocycles. The molecule has 0 aliphatic carbocycles. The molecular formula is C26H30N4O9S. The van der Waals surface area contributed by atoms with Crippen LogP contribution in [0, 0.1) is 22.0 Å². The zero-order valence-electron chi connectivity index (χ0n) is 22.1. The minimum atomic E-state index is -1.22. The van der Waals surface area contributed by atoms with Gasteiger partial charge < -0.3 is 29.6 Å².